The Hall–Kier alpha value is -0.940. The fourth-order valence-corrected chi connectivity index (χ4v) is 1.24. The molecule has 3 N–H and O–H groups in total. The highest BCUT2D eigenvalue weighted by Gasteiger charge is 2.11. The summed E-state index contributed by atoms with van der Waals surface area (Å²) in [5.74, 6) is -0.255. The van der Waals surface area contributed by atoms with E-state index in [0.717, 1.165) is 25.7 Å². The molecule has 1 saturated heterocycles. The number of carbonyl (C=O) groups is 2. The van der Waals surface area contributed by atoms with Crippen molar-refractivity contribution in [2.75, 3.05) is 0 Å². The van der Waals surface area contributed by atoms with Gasteiger partial charge in [0.1, 0.15) is 0 Å². The molecule has 5 nitrogen and oxygen atoms in total. The Balaban J connectivity index is 0.000000293. The summed E-state index contributed by atoms with van der Waals surface area (Å²) < 4.78 is 0. The number of aliphatic hydroxyl groups excluding tert-OH is 1. The number of carbonyl (C=O) groups excluding carboxylic acids is 2. The summed E-state index contributed by atoms with van der Waals surface area (Å²) in [4.78, 5) is 21.1. The third-order valence-electron chi connectivity index (χ3n) is 2.15. The summed E-state index contributed by atoms with van der Waals surface area (Å²) in [7, 11) is 0. The number of nitrogens with one attached hydrogen (secondary N) is 1. The zero-order chi connectivity index (χ0) is 12.4. The summed E-state index contributed by atoms with van der Waals surface area (Å²) in [5.41, 5.74) is 0. The van der Waals surface area contributed by atoms with E-state index in [4.69, 9.17) is 10.2 Å². The maximum Gasteiger partial charge on any atom is 0.226 e. The summed E-state index contributed by atoms with van der Waals surface area (Å²) in [6, 6.07) is 0. The van der Waals surface area contributed by atoms with Crippen molar-refractivity contribution in [2.45, 2.75) is 58.2 Å². The topological polar surface area (TPSA) is 86.6 Å². The molecule has 0 radical (unpaired) electrons. The molecule has 0 saturated carbocycles. The molecule has 0 bridgehead atoms. The number of imide groups is 1. The van der Waals surface area contributed by atoms with Gasteiger partial charge in [0.05, 0.1) is 0 Å². The molecule has 5 heteroatoms. The van der Waals surface area contributed by atoms with Crippen LogP contribution in [0.4, 0.5) is 0 Å². The van der Waals surface area contributed by atoms with Crippen LogP contribution in [0.2, 0.25) is 0 Å². The average Bonchev–Trinajstić information content (AvgIpc) is 2.40. The van der Waals surface area contributed by atoms with E-state index in [0.29, 0.717) is 19.3 Å². The lowest BCUT2D eigenvalue weighted by Gasteiger charge is -1.97. The third-order valence-corrected chi connectivity index (χ3v) is 2.15. The fourth-order valence-electron chi connectivity index (χ4n) is 1.24. The molecule has 0 atom stereocenters. The molecule has 0 aliphatic carbocycles. The smallest absolute Gasteiger partial charge is 0.226 e. The number of aliphatic hydroxyl groups is 2. The van der Waals surface area contributed by atoms with Crippen LogP contribution in [0.15, 0.2) is 0 Å². The average molecular weight is 231 g/mol. The van der Waals surface area contributed by atoms with Gasteiger partial charge in [-0.3, -0.25) is 14.9 Å². The Morgan fingerprint density at radius 1 is 1.19 bits per heavy atom. The molecule has 0 unspecified atom stereocenters. The first-order valence-corrected chi connectivity index (χ1v) is 5.75. The predicted octanol–water partition coefficient (Wildman–Crippen LogP) is 0.691. The van der Waals surface area contributed by atoms with Crippen LogP contribution in [0.5, 0.6) is 0 Å². The van der Waals surface area contributed by atoms with Crippen molar-refractivity contribution < 1.29 is 19.8 Å². The van der Waals surface area contributed by atoms with E-state index in [1.165, 1.54) is 0 Å². The van der Waals surface area contributed by atoms with Gasteiger partial charge in [-0.25, -0.2) is 0 Å². The van der Waals surface area contributed by atoms with Crippen molar-refractivity contribution >= 4 is 11.8 Å². The monoisotopic (exact) mass is 231 g/mol. The van der Waals surface area contributed by atoms with Gasteiger partial charge in [0.2, 0.25) is 11.8 Å². The standard InChI is InChI=1S/C6H9NO2.C5H12O2/c8-5-3-1-2-4-6(9)7-5;1-2-3-4-5(6)7/h1-4H2,(H,7,8,9);5-7H,2-4H2,1H3. The normalized spacial score (nSPS) is 16.2. The van der Waals surface area contributed by atoms with E-state index >= 15 is 0 Å². The largest absolute Gasteiger partial charge is 0.368 e. The number of unbranched alkanes of at least 4 members (excludes halogenated alkanes) is 1. The number of rotatable bonds is 3. The molecule has 0 aromatic carbocycles. The van der Waals surface area contributed by atoms with E-state index in [-0.39, 0.29) is 11.8 Å². The van der Waals surface area contributed by atoms with E-state index < -0.39 is 6.29 Å². The van der Waals surface area contributed by atoms with Gasteiger partial charge < -0.3 is 10.2 Å². The van der Waals surface area contributed by atoms with E-state index in [2.05, 4.69) is 5.32 Å². The van der Waals surface area contributed by atoms with Gasteiger partial charge in [-0.05, 0) is 25.7 Å². The Morgan fingerprint density at radius 3 is 2.00 bits per heavy atom. The Kier molecular flexibility index (Phi) is 8.75. The van der Waals surface area contributed by atoms with Gasteiger partial charge in [0.25, 0.3) is 0 Å². The highest BCUT2D eigenvalue weighted by Crippen LogP contribution is 2.03. The fraction of sp³-hybridized carbons (Fsp3) is 0.818. The van der Waals surface area contributed by atoms with Crippen LogP contribution in [0.1, 0.15) is 51.9 Å². The predicted molar refractivity (Wildman–Crippen MR) is 59.4 cm³/mol. The summed E-state index contributed by atoms with van der Waals surface area (Å²) in [5, 5.41) is 18.7. The maximum atomic E-state index is 10.6. The van der Waals surface area contributed by atoms with Crippen LogP contribution in [0.3, 0.4) is 0 Å². The van der Waals surface area contributed by atoms with Crippen LogP contribution in [-0.2, 0) is 9.59 Å². The molecule has 1 aliphatic heterocycles. The summed E-state index contributed by atoms with van der Waals surface area (Å²) in [6.45, 7) is 2.02. The van der Waals surface area contributed by atoms with Crippen molar-refractivity contribution in [3.8, 4) is 0 Å². The molecule has 1 rings (SSSR count). The van der Waals surface area contributed by atoms with Crippen molar-refractivity contribution in [1.82, 2.24) is 5.32 Å². The van der Waals surface area contributed by atoms with Gasteiger partial charge in [-0.1, -0.05) is 13.3 Å². The molecule has 16 heavy (non-hydrogen) atoms. The van der Waals surface area contributed by atoms with E-state index in [9.17, 15) is 9.59 Å². The maximum absolute atomic E-state index is 10.6. The van der Waals surface area contributed by atoms with Crippen LogP contribution in [-0.4, -0.2) is 28.3 Å². The van der Waals surface area contributed by atoms with Gasteiger partial charge in [-0.15, -0.1) is 0 Å². The number of hydrogen-bond acceptors (Lipinski definition) is 4. The minimum Gasteiger partial charge on any atom is -0.368 e. The van der Waals surface area contributed by atoms with E-state index in [1.54, 1.807) is 0 Å². The number of amides is 2. The second kappa shape index (κ2) is 9.30. The SMILES string of the molecule is CCCCC(O)O.O=C1CCCCC(=O)N1. The molecule has 0 aromatic heterocycles. The summed E-state index contributed by atoms with van der Waals surface area (Å²) in [6.07, 6.45) is 4.04. The Bertz CT molecular complexity index is 200. The molecule has 0 spiro atoms. The first kappa shape index (κ1) is 15.1. The van der Waals surface area contributed by atoms with Gasteiger partial charge in [0.15, 0.2) is 6.29 Å². The zero-order valence-corrected chi connectivity index (χ0v) is 9.74. The van der Waals surface area contributed by atoms with Crippen molar-refractivity contribution in [3.05, 3.63) is 0 Å². The minimum absolute atomic E-state index is 0.127. The molecule has 94 valence electrons. The third kappa shape index (κ3) is 9.61. The molecular formula is C11H21NO4. The van der Waals surface area contributed by atoms with Crippen LogP contribution in [0, 0.1) is 0 Å². The highest BCUT2D eigenvalue weighted by atomic mass is 16.5. The minimum atomic E-state index is -1.10. The van der Waals surface area contributed by atoms with E-state index in [1.807, 2.05) is 6.92 Å². The Morgan fingerprint density at radius 2 is 1.69 bits per heavy atom. The second-order valence-electron chi connectivity index (χ2n) is 3.80. The molecule has 1 heterocycles. The number of hydrogen-bond donors (Lipinski definition) is 3. The quantitative estimate of drug-likeness (QED) is 0.492. The van der Waals surface area contributed by atoms with Gasteiger partial charge in [-0.2, -0.15) is 0 Å². The molecule has 0 aromatic rings. The van der Waals surface area contributed by atoms with Crippen molar-refractivity contribution in [2.24, 2.45) is 0 Å². The lowest BCUT2D eigenvalue weighted by Crippen LogP contribution is -2.27. The van der Waals surface area contributed by atoms with Crippen LogP contribution < -0.4 is 5.32 Å². The lowest BCUT2D eigenvalue weighted by molar-refractivity contribution is -0.129. The van der Waals surface area contributed by atoms with Gasteiger partial charge in [0, 0.05) is 12.8 Å². The van der Waals surface area contributed by atoms with Crippen molar-refractivity contribution in [3.63, 3.8) is 0 Å². The first-order chi connectivity index (χ1) is 7.56. The molecule has 2 amide bonds. The highest BCUT2D eigenvalue weighted by molar-refractivity contribution is 5.95. The molecule has 1 aliphatic rings. The molecular weight excluding hydrogens is 210 g/mol. The van der Waals surface area contributed by atoms with Crippen molar-refractivity contribution in [1.29, 1.82) is 0 Å². The Labute approximate surface area is 95.9 Å². The van der Waals surface area contributed by atoms with Crippen LogP contribution in [0.25, 0.3) is 0 Å². The zero-order valence-electron chi connectivity index (χ0n) is 9.74. The second-order valence-corrected chi connectivity index (χ2v) is 3.80. The van der Waals surface area contributed by atoms with Crippen LogP contribution >= 0.6 is 0 Å². The first-order valence-electron chi connectivity index (χ1n) is 5.75. The van der Waals surface area contributed by atoms with Gasteiger partial charge >= 0.3 is 0 Å². The summed E-state index contributed by atoms with van der Waals surface area (Å²) >= 11 is 0. The lowest BCUT2D eigenvalue weighted by atomic mass is 10.2. The molecule has 1 fully saturated rings.